The summed E-state index contributed by atoms with van der Waals surface area (Å²) in [6.07, 6.45) is 0. The van der Waals surface area contributed by atoms with E-state index in [0.717, 1.165) is 30.2 Å². The minimum Gasteiger partial charge on any atom is -0.497 e. The highest BCUT2D eigenvalue weighted by atomic mass is 35.5. The lowest BCUT2D eigenvalue weighted by atomic mass is 10.2. The topological polar surface area (TPSA) is 63.5 Å². The zero-order chi connectivity index (χ0) is 20.4. The third-order valence-corrected chi connectivity index (χ3v) is 5.41. The molecule has 1 amide bonds. The van der Waals surface area contributed by atoms with Gasteiger partial charge in [0.2, 0.25) is 0 Å². The molecule has 3 aromatic rings. The largest absolute Gasteiger partial charge is 0.497 e. The first kappa shape index (κ1) is 19.3. The van der Waals surface area contributed by atoms with Crippen LogP contribution in [0.4, 0.5) is 5.69 Å². The number of anilines is 1. The molecule has 0 bridgehead atoms. The van der Waals surface area contributed by atoms with Gasteiger partial charge in [0.05, 0.1) is 18.5 Å². The standard InChI is InChI=1S/C21H22ClN5O2/c1-15-20(23-24-27(15)17-8-6-16(22)7-9-17)21(28)26-12-10-25(11-13-26)18-4-3-5-19(14-18)29-2/h3-9,14H,10-13H2,1-2H3. The summed E-state index contributed by atoms with van der Waals surface area (Å²) >= 11 is 5.95. The van der Waals surface area contributed by atoms with Gasteiger partial charge >= 0.3 is 0 Å². The van der Waals surface area contributed by atoms with Crippen LogP contribution in [0.25, 0.3) is 5.69 Å². The lowest BCUT2D eigenvalue weighted by Gasteiger charge is -2.36. The normalized spacial score (nSPS) is 14.2. The van der Waals surface area contributed by atoms with Crippen LogP contribution in [0.5, 0.6) is 5.75 Å². The van der Waals surface area contributed by atoms with Gasteiger partial charge in [-0.2, -0.15) is 0 Å². The van der Waals surface area contributed by atoms with E-state index in [0.29, 0.717) is 29.5 Å². The molecule has 1 aromatic heterocycles. The van der Waals surface area contributed by atoms with Gasteiger partial charge in [-0.05, 0) is 43.3 Å². The van der Waals surface area contributed by atoms with Crippen molar-refractivity contribution in [2.75, 3.05) is 38.2 Å². The van der Waals surface area contributed by atoms with Crippen LogP contribution in [0.15, 0.2) is 48.5 Å². The molecular formula is C21H22ClN5O2. The highest BCUT2D eigenvalue weighted by Crippen LogP contribution is 2.23. The number of halogens is 1. The van der Waals surface area contributed by atoms with Crippen LogP contribution in [-0.2, 0) is 0 Å². The van der Waals surface area contributed by atoms with Gasteiger partial charge < -0.3 is 14.5 Å². The summed E-state index contributed by atoms with van der Waals surface area (Å²) in [6.45, 7) is 4.62. The van der Waals surface area contributed by atoms with Gasteiger partial charge in [0.1, 0.15) is 5.75 Å². The monoisotopic (exact) mass is 411 g/mol. The predicted molar refractivity (Wildman–Crippen MR) is 112 cm³/mol. The number of nitrogens with zero attached hydrogens (tertiary/aromatic N) is 5. The van der Waals surface area contributed by atoms with Crippen molar-refractivity contribution in [3.8, 4) is 11.4 Å². The fourth-order valence-electron chi connectivity index (χ4n) is 3.48. The molecule has 0 atom stereocenters. The van der Waals surface area contributed by atoms with Crippen molar-refractivity contribution in [3.05, 3.63) is 64.9 Å². The van der Waals surface area contributed by atoms with Crippen LogP contribution in [0.1, 0.15) is 16.2 Å². The smallest absolute Gasteiger partial charge is 0.276 e. The maximum Gasteiger partial charge on any atom is 0.276 e. The van der Waals surface area contributed by atoms with E-state index in [1.54, 1.807) is 23.9 Å². The summed E-state index contributed by atoms with van der Waals surface area (Å²) in [5, 5.41) is 8.96. The molecule has 0 unspecified atom stereocenters. The molecule has 8 heteroatoms. The molecule has 0 N–H and O–H groups in total. The van der Waals surface area contributed by atoms with Crippen molar-refractivity contribution in [1.82, 2.24) is 19.9 Å². The zero-order valence-electron chi connectivity index (χ0n) is 16.4. The number of rotatable bonds is 4. The van der Waals surface area contributed by atoms with Crippen LogP contribution in [0.2, 0.25) is 5.02 Å². The van der Waals surface area contributed by atoms with Gasteiger partial charge in [0, 0.05) is 43.0 Å². The molecule has 4 rings (SSSR count). The van der Waals surface area contributed by atoms with Gasteiger partial charge in [0.25, 0.3) is 5.91 Å². The molecule has 0 radical (unpaired) electrons. The molecule has 1 fully saturated rings. The van der Waals surface area contributed by atoms with Crippen molar-refractivity contribution in [1.29, 1.82) is 0 Å². The van der Waals surface area contributed by atoms with Gasteiger partial charge in [0.15, 0.2) is 5.69 Å². The first-order chi connectivity index (χ1) is 14.1. The second kappa shape index (κ2) is 8.13. The van der Waals surface area contributed by atoms with E-state index in [2.05, 4.69) is 21.3 Å². The van der Waals surface area contributed by atoms with Crippen molar-refractivity contribution in [3.63, 3.8) is 0 Å². The van der Waals surface area contributed by atoms with E-state index < -0.39 is 0 Å². The van der Waals surface area contributed by atoms with E-state index in [4.69, 9.17) is 16.3 Å². The number of benzene rings is 2. The van der Waals surface area contributed by atoms with Crippen molar-refractivity contribution in [2.24, 2.45) is 0 Å². The average Bonchev–Trinajstić information content (AvgIpc) is 3.15. The third-order valence-electron chi connectivity index (χ3n) is 5.15. The summed E-state index contributed by atoms with van der Waals surface area (Å²) in [7, 11) is 1.66. The number of piperazine rings is 1. The summed E-state index contributed by atoms with van der Waals surface area (Å²) in [5.74, 6) is 0.739. The lowest BCUT2D eigenvalue weighted by molar-refractivity contribution is 0.0740. The Kier molecular flexibility index (Phi) is 5.40. The molecule has 1 aliphatic rings. The molecule has 0 saturated carbocycles. The molecule has 7 nitrogen and oxygen atoms in total. The molecular weight excluding hydrogens is 390 g/mol. The van der Waals surface area contributed by atoms with E-state index in [1.165, 1.54) is 0 Å². The number of hydrogen-bond donors (Lipinski definition) is 0. The van der Waals surface area contributed by atoms with E-state index >= 15 is 0 Å². The number of ether oxygens (including phenoxy) is 1. The molecule has 29 heavy (non-hydrogen) atoms. The van der Waals surface area contributed by atoms with Crippen LogP contribution in [0.3, 0.4) is 0 Å². The third kappa shape index (κ3) is 3.91. The van der Waals surface area contributed by atoms with Crippen LogP contribution < -0.4 is 9.64 Å². The molecule has 150 valence electrons. The Morgan fingerprint density at radius 2 is 1.76 bits per heavy atom. The predicted octanol–water partition coefficient (Wildman–Crippen LogP) is 3.20. The molecule has 2 aromatic carbocycles. The fourth-order valence-corrected chi connectivity index (χ4v) is 3.60. The Morgan fingerprint density at radius 1 is 1.03 bits per heavy atom. The fraction of sp³-hybridized carbons (Fsp3) is 0.286. The number of aromatic nitrogens is 3. The minimum absolute atomic E-state index is 0.0898. The lowest BCUT2D eigenvalue weighted by Crippen LogP contribution is -2.49. The zero-order valence-corrected chi connectivity index (χ0v) is 17.1. The number of methoxy groups -OCH3 is 1. The number of carbonyl (C=O) groups is 1. The summed E-state index contributed by atoms with van der Waals surface area (Å²) in [4.78, 5) is 17.1. The Balaban J connectivity index is 1.45. The summed E-state index contributed by atoms with van der Waals surface area (Å²) in [5.41, 5.74) is 3.02. The first-order valence-electron chi connectivity index (χ1n) is 9.43. The maximum atomic E-state index is 13.0. The Hall–Kier alpha value is -3.06. The minimum atomic E-state index is -0.0898. The van der Waals surface area contributed by atoms with E-state index in [1.807, 2.05) is 42.2 Å². The molecule has 0 spiro atoms. The Morgan fingerprint density at radius 3 is 2.45 bits per heavy atom. The second-order valence-corrected chi connectivity index (χ2v) is 7.33. The highest BCUT2D eigenvalue weighted by molar-refractivity contribution is 6.30. The molecule has 1 aliphatic heterocycles. The Labute approximate surface area is 174 Å². The van der Waals surface area contributed by atoms with E-state index in [9.17, 15) is 4.79 Å². The average molecular weight is 412 g/mol. The number of carbonyl (C=O) groups excluding carboxylic acids is 1. The quantitative estimate of drug-likeness (QED) is 0.659. The van der Waals surface area contributed by atoms with Gasteiger partial charge in [-0.15, -0.1) is 5.10 Å². The van der Waals surface area contributed by atoms with Crippen LogP contribution >= 0.6 is 11.6 Å². The molecule has 2 heterocycles. The first-order valence-corrected chi connectivity index (χ1v) is 9.81. The van der Waals surface area contributed by atoms with Crippen molar-refractivity contribution in [2.45, 2.75) is 6.92 Å². The number of hydrogen-bond acceptors (Lipinski definition) is 5. The molecule has 1 saturated heterocycles. The maximum absolute atomic E-state index is 13.0. The van der Waals surface area contributed by atoms with Crippen LogP contribution in [0, 0.1) is 6.92 Å². The summed E-state index contributed by atoms with van der Waals surface area (Å²) < 4.78 is 6.97. The SMILES string of the molecule is COc1cccc(N2CCN(C(=O)c3nnn(-c4ccc(Cl)cc4)c3C)CC2)c1. The van der Waals surface area contributed by atoms with E-state index in [-0.39, 0.29) is 5.91 Å². The molecule has 0 aliphatic carbocycles. The summed E-state index contributed by atoms with van der Waals surface area (Å²) in [6, 6.07) is 15.3. The Bertz CT molecular complexity index is 1010. The highest BCUT2D eigenvalue weighted by Gasteiger charge is 2.26. The van der Waals surface area contributed by atoms with Crippen molar-refractivity contribution < 1.29 is 9.53 Å². The van der Waals surface area contributed by atoms with Crippen molar-refractivity contribution >= 4 is 23.2 Å². The number of amides is 1. The van der Waals surface area contributed by atoms with Gasteiger partial charge in [-0.25, -0.2) is 4.68 Å². The second-order valence-electron chi connectivity index (χ2n) is 6.89. The van der Waals surface area contributed by atoms with Crippen LogP contribution in [-0.4, -0.2) is 59.1 Å². The van der Waals surface area contributed by atoms with Gasteiger partial charge in [-0.3, -0.25) is 4.79 Å². The van der Waals surface area contributed by atoms with Gasteiger partial charge in [-0.1, -0.05) is 22.9 Å².